The molecule has 1 aromatic heterocycles. The molecule has 102 valence electrons. The van der Waals surface area contributed by atoms with Gasteiger partial charge in [0.2, 0.25) is 0 Å². The molecule has 1 rings (SSSR count). The minimum Gasteiger partial charge on any atom is -0.314 e. The Morgan fingerprint density at radius 1 is 1.22 bits per heavy atom. The highest BCUT2D eigenvalue weighted by Crippen LogP contribution is 2.57. The summed E-state index contributed by atoms with van der Waals surface area (Å²) in [4.78, 5) is 51.1. The van der Waals surface area contributed by atoms with E-state index in [0.29, 0.717) is 0 Å². The molecule has 0 saturated carbocycles. The fourth-order valence-electron chi connectivity index (χ4n) is 0.854. The molecule has 0 saturated heterocycles. The van der Waals surface area contributed by atoms with Crippen molar-refractivity contribution in [2.75, 3.05) is 0 Å². The molecule has 1 unspecified atom stereocenters. The average Bonchev–Trinajstić information content (AvgIpc) is 2.12. The standard InChI is InChI=1S/C5H8N2O9P2/c8-4-3(1-6-5(9)7-4)2-15-18(13,14)16-17(10,11)12/h1H,2H2,(H,13,14)(H2,10,11,12)(H2,6,7,8,9). The van der Waals surface area contributed by atoms with Crippen LogP contribution in [0.1, 0.15) is 5.56 Å². The van der Waals surface area contributed by atoms with Crippen LogP contribution in [-0.2, 0) is 24.6 Å². The van der Waals surface area contributed by atoms with E-state index in [2.05, 4.69) is 13.8 Å². The summed E-state index contributed by atoms with van der Waals surface area (Å²) in [5.41, 5.74) is -1.91. The van der Waals surface area contributed by atoms with Crippen LogP contribution < -0.4 is 11.2 Å². The first-order valence-electron chi connectivity index (χ1n) is 4.14. The van der Waals surface area contributed by atoms with E-state index in [9.17, 15) is 18.7 Å². The van der Waals surface area contributed by atoms with Gasteiger partial charge in [-0.15, -0.1) is 0 Å². The second-order valence-electron chi connectivity index (χ2n) is 2.91. The van der Waals surface area contributed by atoms with Gasteiger partial charge in [-0.05, 0) is 0 Å². The van der Waals surface area contributed by atoms with Crippen LogP contribution in [0.5, 0.6) is 0 Å². The topological polar surface area (TPSA) is 179 Å². The molecular formula is C5H8N2O9P2. The van der Waals surface area contributed by atoms with Crippen molar-refractivity contribution in [2.24, 2.45) is 0 Å². The van der Waals surface area contributed by atoms with Crippen LogP contribution in [0.2, 0.25) is 0 Å². The van der Waals surface area contributed by atoms with Gasteiger partial charge in [-0.1, -0.05) is 0 Å². The number of phosphoric acid groups is 2. The molecule has 0 bridgehead atoms. The number of hydrogen-bond acceptors (Lipinski definition) is 6. The zero-order valence-corrected chi connectivity index (χ0v) is 10.3. The third-order valence-electron chi connectivity index (χ3n) is 1.49. The first-order valence-corrected chi connectivity index (χ1v) is 7.17. The van der Waals surface area contributed by atoms with Gasteiger partial charge in [0.05, 0.1) is 12.2 Å². The Labute approximate surface area is 98.3 Å². The van der Waals surface area contributed by atoms with Gasteiger partial charge in [0.1, 0.15) is 0 Å². The summed E-state index contributed by atoms with van der Waals surface area (Å²) in [6, 6.07) is 0. The van der Waals surface area contributed by atoms with Crippen molar-refractivity contribution < 1.29 is 32.6 Å². The van der Waals surface area contributed by atoms with E-state index in [0.717, 1.165) is 6.20 Å². The number of H-pyrrole nitrogens is 2. The molecule has 13 heteroatoms. The number of rotatable bonds is 5. The van der Waals surface area contributed by atoms with E-state index in [-0.39, 0.29) is 5.56 Å². The molecule has 0 amide bonds. The molecule has 1 aromatic rings. The average molecular weight is 302 g/mol. The van der Waals surface area contributed by atoms with Gasteiger partial charge in [0.15, 0.2) is 0 Å². The smallest absolute Gasteiger partial charge is 0.314 e. The van der Waals surface area contributed by atoms with Crippen LogP contribution in [0.25, 0.3) is 0 Å². The van der Waals surface area contributed by atoms with Crippen LogP contribution in [0.3, 0.4) is 0 Å². The van der Waals surface area contributed by atoms with Crippen LogP contribution in [0, 0.1) is 0 Å². The molecule has 0 aliphatic carbocycles. The quantitative estimate of drug-likeness (QED) is 0.417. The number of phosphoric ester groups is 1. The van der Waals surface area contributed by atoms with Crippen molar-refractivity contribution in [3.05, 3.63) is 32.6 Å². The SMILES string of the molecule is O=c1[nH]cc(COP(=O)(O)OP(=O)(O)O)c(=O)[nH]1. The predicted molar refractivity (Wildman–Crippen MR) is 55.4 cm³/mol. The van der Waals surface area contributed by atoms with Crippen LogP contribution in [-0.4, -0.2) is 24.6 Å². The number of nitrogens with one attached hydrogen (secondary N) is 2. The molecule has 0 spiro atoms. The molecule has 0 fully saturated rings. The molecule has 18 heavy (non-hydrogen) atoms. The molecule has 5 N–H and O–H groups in total. The number of hydrogen-bond donors (Lipinski definition) is 5. The summed E-state index contributed by atoms with van der Waals surface area (Å²) >= 11 is 0. The molecule has 0 aliphatic rings. The second kappa shape index (κ2) is 5.29. The predicted octanol–water partition coefficient (Wildman–Crippen LogP) is -1.21. The van der Waals surface area contributed by atoms with Gasteiger partial charge >= 0.3 is 21.3 Å². The minimum absolute atomic E-state index is 0.238. The number of aromatic amines is 2. The third kappa shape index (κ3) is 5.07. The Kier molecular flexibility index (Phi) is 4.41. The maximum Gasteiger partial charge on any atom is 0.481 e. The lowest BCUT2D eigenvalue weighted by Crippen LogP contribution is -2.24. The Morgan fingerprint density at radius 2 is 1.83 bits per heavy atom. The molecule has 0 aromatic carbocycles. The zero-order chi connectivity index (χ0) is 14.0. The van der Waals surface area contributed by atoms with Gasteiger partial charge in [-0.25, -0.2) is 13.9 Å². The highest BCUT2D eigenvalue weighted by atomic mass is 31.3. The van der Waals surface area contributed by atoms with Crippen molar-refractivity contribution >= 4 is 15.6 Å². The van der Waals surface area contributed by atoms with Gasteiger partial charge < -0.3 is 19.7 Å². The Bertz CT molecular complexity index is 626. The lowest BCUT2D eigenvalue weighted by atomic mass is 10.4. The van der Waals surface area contributed by atoms with Crippen LogP contribution in [0.4, 0.5) is 0 Å². The van der Waals surface area contributed by atoms with E-state index in [4.69, 9.17) is 14.7 Å². The van der Waals surface area contributed by atoms with Gasteiger partial charge in [-0.2, -0.15) is 4.31 Å². The van der Waals surface area contributed by atoms with Crippen molar-refractivity contribution in [1.29, 1.82) is 0 Å². The monoisotopic (exact) mass is 302 g/mol. The summed E-state index contributed by atoms with van der Waals surface area (Å²) in [6.07, 6.45) is 0.915. The largest absolute Gasteiger partial charge is 0.481 e. The van der Waals surface area contributed by atoms with Crippen molar-refractivity contribution in [3.63, 3.8) is 0 Å². The summed E-state index contributed by atoms with van der Waals surface area (Å²) in [7, 11) is -10.2. The maximum absolute atomic E-state index is 11.1. The number of aromatic nitrogens is 2. The molecular weight excluding hydrogens is 294 g/mol. The summed E-state index contributed by atoms with van der Waals surface area (Å²) in [6.45, 7) is -0.792. The molecule has 1 atom stereocenters. The van der Waals surface area contributed by atoms with E-state index >= 15 is 0 Å². The first kappa shape index (κ1) is 15.0. The normalized spacial score (nSPS) is 15.3. The van der Waals surface area contributed by atoms with Gasteiger partial charge in [0, 0.05) is 6.20 Å². The van der Waals surface area contributed by atoms with Crippen molar-refractivity contribution in [2.45, 2.75) is 6.61 Å². The zero-order valence-electron chi connectivity index (χ0n) is 8.47. The third-order valence-corrected chi connectivity index (χ3v) is 3.62. The Morgan fingerprint density at radius 3 is 2.33 bits per heavy atom. The molecule has 1 heterocycles. The molecule has 0 aliphatic heterocycles. The highest BCUT2D eigenvalue weighted by molar-refractivity contribution is 7.60. The van der Waals surface area contributed by atoms with Gasteiger partial charge in [-0.3, -0.25) is 14.3 Å². The summed E-state index contributed by atoms with van der Waals surface area (Å²) in [5, 5.41) is 0. The second-order valence-corrected chi connectivity index (χ2v) is 5.74. The maximum atomic E-state index is 11.1. The van der Waals surface area contributed by atoms with E-state index in [1.807, 2.05) is 4.98 Å². The summed E-state index contributed by atoms with van der Waals surface area (Å²) in [5.74, 6) is 0. The summed E-state index contributed by atoms with van der Waals surface area (Å²) < 4.78 is 29.0. The minimum atomic E-state index is -5.21. The fraction of sp³-hybridized carbons (Fsp3) is 0.200. The van der Waals surface area contributed by atoms with Crippen molar-refractivity contribution in [1.82, 2.24) is 9.97 Å². The van der Waals surface area contributed by atoms with E-state index < -0.39 is 33.5 Å². The lowest BCUT2D eigenvalue weighted by molar-refractivity contribution is 0.171. The fourth-order valence-corrected chi connectivity index (χ4v) is 2.42. The van der Waals surface area contributed by atoms with Crippen LogP contribution >= 0.6 is 15.6 Å². The van der Waals surface area contributed by atoms with Crippen LogP contribution in [0.15, 0.2) is 15.8 Å². The van der Waals surface area contributed by atoms with Crippen molar-refractivity contribution in [3.8, 4) is 0 Å². The first-order chi connectivity index (χ1) is 8.09. The lowest BCUT2D eigenvalue weighted by Gasteiger charge is -2.11. The highest BCUT2D eigenvalue weighted by Gasteiger charge is 2.32. The molecule has 11 nitrogen and oxygen atoms in total. The Balaban J connectivity index is 2.76. The van der Waals surface area contributed by atoms with Gasteiger partial charge in [0.25, 0.3) is 5.56 Å². The molecule has 0 radical (unpaired) electrons. The Hall–Kier alpha value is -1.06. The van der Waals surface area contributed by atoms with E-state index in [1.165, 1.54) is 0 Å². The van der Waals surface area contributed by atoms with E-state index in [1.54, 1.807) is 0 Å².